The van der Waals surface area contributed by atoms with Gasteiger partial charge in [0.25, 0.3) is 0 Å². The fourth-order valence-corrected chi connectivity index (χ4v) is 4.64. The van der Waals surface area contributed by atoms with E-state index in [1.54, 1.807) is 0 Å². The van der Waals surface area contributed by atoms with Gasteiger partial charge < -0.3 is 9.84 Å². The number of carbonyl (C=O) groups excluding carboxylic acids is 1. The molecule has 3 aromatic carbocycles. The summed E-state index contributed by atoms with van der Waals surface area (Å²) < 4.78 is 5.49. The number of carbonyl (C=O) groups is 2. The van der Waals surface area contributed by atoms with Crippen molar-refractivity contribution >= 4 is 23.3 Å². The van der Waals surface area contributed by atoms with Gasteiger partial charge in [-0.2, -0.15) is 0 Å². The molecule has 4 rings (SSSR count). The summed E-state index contributed by atoms with van der Waals surface area (Å²) in [7, 11) is 0. The molecule has 6 nitrogen and oxygen atoms in total. The van der Waals surface area contributed by atoms with Crippen molar-refractivity contribution in [1.82, 2.24) is 5.01 Å². The Kier molecular flexibility index (Phi) is 7.48. The second-order valence-electron chi connectivity index (χ2n) is 8.48. The highest BCUT2D eigenvalue weighted by atomic mass is 16.5. The lowest BCUT2D eigenvalue weighted by Gasteiger charge is -2.37. The van der Waals surface area contributed by atoms with Gasteiger partial charge in [0, 0.05) is 13.0 Å². The molecule has 3 aromatic rings. The van der Waals surface area contributed by atoms with Crippen LogP contribution in [0.3, 0.4) is 0 Å². The van der Waals surface area contributed by atoms with Gasteiger partial charge >= 0.3 is 5.97 Å². The number of carboxylic acids is 1. The molecular formula is C28H30N2O4. The van der Waals surface area contributed by atoms with Gasteiger partial charge in [0.15, 0.2) is 6.61 Å². The molecule has 1 aliphatic carbocycles. The van der Waals surface area contributed by atoms with Gasteiger partial charge in [0.1, 0.15) is 5.75 Å². The van der Waals surface area contributed by atoms with Gasteiger partial charge in [-0.3, -0.25) is 9.80 Å². The number of nitrogens with zero attached hydrogens (tertiary/aromatic N) is 2. The number of amides is 1. The Morgan fingerprint density at radius 3 is 2.18 bits per heavy atom. The van der Waals surface area contributed by atoms with Crippen LogP contribution >= 0.6 is 0 Å². The third-order valence-electron chi connectivity index (χ3n) is 6.19. The third-order valence-corrected chi connectivity index (χ3v) is 6.19. The minimum Gasteiger partial charge on any atom is -0.482 e. The highest BCUT2D eigenvalue weighted by molar-refractivity contribution is 5.81. The SMILES string of the molecule is CCN(C(=O)CC1CCc2c(cccc2OCC(=O)O)C1)N(c1ccccc1)c1ccccc1. The zero-order valence-electron chi connectivity index (χ0n) is 19.4. The number of fused-ring (bicyclic) bond motifs is 1. The maximum Gasteiger partial charge on any atom is 0.341 e. The van der Waals surface area contributed by atoms with E-state index >= 15 is 0 Å². The van der Waals surface area contributed by atoms with Gasteiger partial charge in [-0.15, -0.1) is 0 Å². The molecule has 0 bridgehead atoms. The number of anilines is 2. The second-order valence-corrected chi connectivity index (χ2v) is 8.48. The highest BCUT2D eigenvalue weighted by Crippen LogP contribution is 2.35. The topological polar surface area (TPSA) is 70.1 Å². The van der Waals surface area contributed by atoms with Crippen LogP contribution in [0.5, 0.6) is 5.75 Å². The molecule has 6 heteroatoms. The normalized spacial score (nSPS) is 14.7. The molecule has 0 aromatic heterocycles. The zero-order chi connectivity index (χ0) is 23.9. The number of aliphatic carboxylic acids is 1. The number of benzene rings is 3. The van der Waals surface area contributed by atoms with E-state index in [-0.39, 0.29) is 18.4 Å². The minimum absolute atomic E-state index is 0.0851. The predicted molar refractivity (Wildman–Crippen MR) is 132 cm³/mol. The summed E-state index contributed by atoms with van der Waals surface area (Å²) in [5.74, 6) is -0.0452. The molecule has 176 valence electrons. The maximum absolute atomic E-state index is 13.6. The summed E-state index contributed by atoms with van der Waals surface area (Å²) in [5.41, 5.74) is 4.09. The first kappa shape index (κ1) is 23.4. The van der Waals surface area contributed by atoms with Crippen LogP contribution in [-0.4, -0.2) is 35.1 Å². The number of rotatable bonds is 9. The molecule has 0 fully saturated rings. The lowest BCUT2D eigenvalue weighted by Crippen LogP contribution is -2.44. The molecule has 1 aliphatic rings. The first-order chi connectivity index (χ1) is 16.6. The van der Waals surface area contributed by atoms with E-state index in [9.17, 15) is 9.59 Å². The average molecular weight is 459 g/mol. The van der Waals surface area contributed by atoms with Crippen LogP contribution < -0.4 is 9.75 Å². The van der Waals surface area contributed by atoms with Gasteiger partial charge in [-0.05, 0) is 73.6 Å². The van der Waals surface area contributed by atoms with Crippen LogP contribution in [0, 0.1) is 5.92 Å². The van der Waals surface area contributed by atoms with Crippen molar-refractivity contribution in [1.29, 1.82) is 0 Å². The van der Waals surface area contributed by atoms with Crippen LogP contribution in [-0.2, 0) is 22.4 Å². The molecule has 1 atom stereocenters. The molecule has 1 amide bonds. The van der Waals surface area contributed by atoms with Crippen molar-refractivity contribution in [3.63, 3.8) is 0 Å². The van der Waals surface area contributed by atoms with Crippen LogP contribution in [0.15, 0.2) is 78.9 Å². The Labute approximate surface area is 200 Å². The summed E-state index contributed by atoms with van der Waals surface area (Å²) in [6.45, 7) is 2.21. The van der Waals surface area contributed by atoms with Gasteiger partial charge in [-0.1, -0.05) is 48.5 Å². The number of hydrogen-bond acceptors (Lipinski definition) is 4. The average Bonchev–Trinajstić information content (AvgIpc) is 2.86. The number of carboxylic acid groups (broad SMARTS) is 1. The van der Waals surface area contributed by atoms with Gasteiger partial charge in [0.2, 0.25) is 5.91 Å². The molecule has 34 heavy (non-hydrogen) atoms. The van der Waals surface area contributed by atoms with Crippen molar-refractivity contribution in [2.45, 2.75) is 32.6 Å². The molecule has 1 unspecified atom stereocenters. The van der Waals surface area contributed by atoms with Crippen molar-refractivity contribution in [3.8, 4) is 5.75 Å². The summed E-state index contributed by atoms with van der Waals surface area (Å²) in [5, 5.41) is 12.8. The van der Waals surface area contributed by atoms with Crippen LogP contribution in [0.1, 0.15) is 30.9 Å². The van der Waals surface area contributed by atoms with E-state index in [1.165, 1.54) is 0 Å². The summed E-state index contributed by atoms with van der Waals surface area (Å²) in [6, 6.07) is 25.7. The smallest absolute Gasteiger partial charge is 0.341 e. The fraction of sp³-hybridized carbons (Fsp3) is 0.286. The number of para-hydroxylation sites is 2. The van der Waals surface area contributed by atoms with Gasteiger partial charge in [-0.25, -0.2) is 9.80 Å². The monoisotopic (exact) mass is 458 g/mol. The Balaban J connectivity index is 1.51. The zero-order valence-corrected chi connectivity index (χ0v) is 19.4. The third kappa shape index (κ3) is 5.39. The fourth-order valence-electron chi connectivity index (χ4n) is 4.64. The standard InChI is InChI=1S/C28H30N2O4/c1-2-29(30(23-11-5-3-6-12-23)24-13-7-4-8-14-24)27(31)19-21-16-17-25-22(18-21)10-9-15-26(25)34-20-28(32)33/h3-15,21H,2,16-20H2,1H3,(H,32,33). The molecule has 0 heterocycles. The van der Waals surface area contributed by atoms with Crippen LogP contribution in [0.4, 0.5) is 11.4 Å². The Hall–Kier alpha value is -3.80. The molecule has 1 N–H and O–H groups in total. The molecule has 0 saturated heterocycles. The van der Waals surface area contributed by atoms with E-state index in [1.807, 2.05) is 89.7 Å². The molecule has 0 spiro atoms. The Bertz CT molecular complexity index is 1080. The lowest BCUT2D eigenvalue weighted by atomic mass is 9.81. The van der Waals surface area contributed by atoms with E-state index in [2.05, 4.69) is 6.07 Å². The van der Waals surface area contributed by atoms with E-state index in [0.717, 1.165) is 41.8 Å². The molecular weight excluding hydrogens is 428 g/mol. The Morgan fingerprint density at radius 1 is 0.941 bits per heavy atom. The summed E-state index contributed by atoms with van der Waals surface area (Å²) in [6.07, 6.45) is 2.86. The Morgan fingerprint density at radius 2 is 1.59 bits per heavy atom. The quantitative estimate of drug-likeness (QED) is 0.444. The largest absolute Gasteiger partial charge is 0.482 e. The second kappa shape index (κ2) is 10.9. The summed E-state index contributed by atoms with van der Waals surface area (Å²) in [4.78, 5) is 24.5. The number of ether oxygens (including phenoxy) is 1. The van der Waals surface area contributed by atoms with Crippen LogP contribution in [0.2, 0.25) is 0 Å². The molecule has 0 aliphatic heterocycles. The van der Waals surface area contributed by atoms with Crippen molar-refractivity contribution in [2.24, 2.45) is 5.92 Å². The minimum atomic E-state index is -0.988. The van der Waals surface area contributed by atoms with Gasteiger partial charge in [0.05, 0.1) is 11.4 Å². The first-order valence-corrected chi connectivity index (χ1v) is 11.7. The highest BCUT2D eigenvalue weighted by Gasteiger charge is 2.28. The van der Waals surface area contributed by atoms with E-state index < -0.39 is 5.97 Å². The van der Waals surface area contributed by atoms with Crippen molar-refractivity contribution < 1.29 is 19.4 Å². The van der Waals surface area contributed by atoms with Crippen LogP contribution in [0.25, 0.3) is 0 Å². The van der Waals surface area contributed by atoms with E-state index in [0.29, 0.717) is 18.7 Å². The van der Waals surface area contributed by atoms with E-state index in [4.69, 9.17) is 9.84 Å². The molecule has 0 radical (unpaired) electrons. The molecule has 0 saturated carbocycles. The van der Waals surface area contributed by atoms with Crippen molar-refractivity contribution in [3.05, 3.63) is 90.0 Å². The maximum atomic E-state index is 13.6. The number of hydrogen-bond donors (Lipinski definition) is 1. The van der Waals surface area contributed by atoms with Crippen molar-refractivity contribution in [2.75, 3.05) is 18.2 Å². The summed E-state index contributed by atoms with van der Waals surface area (Å²) >= 11 is 0. The number of hydrazine groups is 1. The first-order valence-electron chi connectivity index (χ1n) is 11.7. The lowest BCUT2D eigenvalue weighted by molar-refractivity contribution is -0.139. The predicted octanol–water partition coefficient (Wildman–Crippen LogP) is 5.25.